The number of amides is 1. The lowest BCUT2D eigenvalue weighted by Crippen LogP contribution is -2.43. The Morgan fingerprint density at radius 2 is 1.86 bits per heavy atom. The highest BCUT2D eigenvalue weighted by molar-refractivity contribution is 5.80. The van der Waals surface area contributed by atoms with Crippen molar-refractivity contribution in [2.75, 3.05) is 59.0 Å². The lowest BCUT2D eigenvalue weighted by atomic mass is 10.2. The average Bonchev–Trinajstić information content (AvgIpc) is 2.52. The Balaban J connectivity index is 2.21. The number of nitrogens with one attached hydrogen (secondary N) is 3. The minimum absolute atomic E-state index is 0.0235. The summed E-state index contributed by atoms with van der Waals surface area (Å²) in [6, 6.07) is 0. The first-order valence-electron chi connectivity index (χ1n) is 8.23. The van der Waals surface area contributed by atoms with E-state index in [9.17, 15) is 4.79 Å². The Labute approximate surface area is 133 Å². The van der Waals surface area contributed by atoms with Gasteiger partial charge in [-0.3, -0.25) is 14.7 Å². The van der Waals surface area contributed by atoms with Crippen LogP contribution in [0.15, 0.2) is 4.99 Å². The molecule has 1 fully saturated rings. The fourth-order valence-corrected chi connectivity index (χ4v) is 2.04. The zero-order valence-corrected chi connectivity index (χ0v) is 14.2. The van der Waals surface area contributed by atoms with E-state index < -0.39 is 0 Å². The van der Waals surface area contributed by atoms with E-state index >= 15 is 0 Å². The summed E-state index contributed by atoms with van der Waals surface area (Å²) in [7, 11) is 0. The summed E-state index contributed by atoms with van der Waals surface area (Å²) in [6.07, 6.45) is 0. The zero-order valence-electron chi connectivity index (χ0n) is 14.2. The van der Waals surface area contributed by atoms with Crippen LogP contribution in [0.2, 0.25) is 0 Å². The average molecular weight is 313 g/mol. The number of morpholine rings is 1. The molecule has 1 aliphatic heterocycles. The SMILES string of the molecule is CCNC(=NCCN1CCOCC1)NCCNC(=O)C(C)C. The molecule has 128 valence electrons. The number of guanidine groups is 1. The summed E-state index contributed by atoms with van der Waals surface area (Å²) >= 11 is 0. The van der Waals surface area contributed by atoms with Gasteiger partial charge in [0, 0.05) is 45.2 Å². The second-order valence-electron chi connectivity index (χ2n) is 5.59. The van der Waals surface area contributed by atoms with Crippen molar-refractivity contribution in [3.8, 4) is 0 Å². The molecule has 0 radical (unpaired) electrons. The van der Waals surface area contributed by atoms with Gasteiger partial charge >= 0.3 is 0 Å². The van der Waals surface area contributed by atoms with Gasteiger partial charge in [0.15, 0.2) is 5.96 Å². The van der Waals surface area contributed by atoms with Gasteiger partial charge in [-0.25, -0.2) is 0 Å². The quantitative estimate of drug-likeness (QED) is 0.324. The molecule has 0 saturated carbocycles. The summed E-state index contributed by atoms with van der Waals surface area (Å²) in [5, 5.41) is 9.33. The van der Waals surface area contributed by atoms with Gasteiger partial charge in [-0.05, 0) is 6.92 Å². The van der Waals surface area contributed by atoms with Crippen LogP contribution in [0.3, 0.4) is 0 Å². The van der Waals surface area contributed by atoms with Crippen molar-refractivity contribution in [3.05, 3.63) is 0 Å². The molecule has 7 nitrogen and oxygen atoms in total. The van der Waals surface area contributed by atoms with Gasteiger partial charge in [0.1, 0.15) is 0 Å². The molecule has 0 bridgehead atoms. The fraction of sp³-hybridized carbons (Fsp3) is 0.867. The molecule has 1 heterocycles. The number of hydrogen-bond acceptors (Lipinski definition) is 4. The third-order valence-corrected chi connectivity index (χ3v) is 3.38. The number of ether oxygens (including phenoxy) is 1. The molecule has 0 atom stereocenters. The number of hydrogen-bond donors (Lipinski definition) is 3. The van der Waals surface area contributed by atoms with E-state index in [0.717, 1.165) is 51.9 Å². The van der Waals surface area contributed by atoms with Gasteiger partial charge in [0.2, 0.25) is 5.91 Å². The van der Waals surface area contributed by atoms with Crippen LogP contribution in [-0.2, 0) is 9.53 Å². The van der Waals surface area contributed by atoms with E-state index in [2.05, 4.69) is 25.8 Å². The number of carbonyl (C=O) groups is 1. The third kappa shape index (κ3) is 8.19. The van der Waals surface area contributed by atoms with Gasteiger partial charge in [0.25, 0.3) is 0 Å². The van der Waals surface area contributed by atoms with Crippen LogP contribution in [0.1, 0.15) is 20.8 Å². The van der Waals surface area contributed by atoms with E-state index in [1.54, 1.807) is 0 Å². The second-order valence-corrected chi connectivity index (χ2v) is 5.59. The first-order chi connectivity index (χ1) is 10.6. The highest BCUT2D eigenvalue weighted by Crippen LogP contribution is 1.95. The highest BCUT2D eigenvalue weighted by atomic mass is 16.5. The van der Waals surface area contributed by atoms with Gasteiger partial charge in [0.05, 0.1) is 19.8 Å². The molecule has 0 aromatic rings. The summed E-state index contributed by atoms with van der Waals surface area (Å²) in [5.74, 6) is 0.904. The molecular formula is C15H31N5O2. The summed E-state index contributed by atoms with van der Waals surface area (Å²) in [4.78, 5) is 18.4. The van der Waals surface area contributed by atoms with Crippen LogP contribution in [0.4, 0.5) is 0 Å². The lowest BCUT2D eigenvalue weighted by Gasteiger charge is -2.25. The number of aliphatic imine (C=N–C) groups is 1. The van der Waals surface area contributed by atoms with Crippen molar-refractivity contribution in [2.45, 2.75) is 20.8 Å². The Morgan fingerprint density at radius 1 is 1.18 bits per heavy atom. The summed E-state index contributed by atoms with van der Waals surface area (Å²) in [5.41, 5.74) is 0. The van der Waals surface area contributed by atoms with Crippen LogP contribution >= 0.6 is 0 Å². The molecule has 1 aliphatic rings. The minimum atomic E-state index is 0.0235. The lowest BCUT2D eigenvalue weighted by molar-refractivity contribution is -0.123. The van der Waals surface area contributed by atoms with Crippen LogP contribution in [-0.4, -0.2) is 75.8 Å². The maximum atomic E-state index is 11.5. The zero-order chi connectivity index (χ0) is 16.2. The standard InChI is InChI=1S/C15H31N5O2/c1-4-16-15(18-6-5-17-14(21)13(2)3)19-7-8-20-9-11-22-12-10-20/h13H,4-12H2,1-3H3,(H,17,21)(H2,16,18,19). The fourth-order valence-electron chi connectivity index (χ4n) is 2.04. The molecule has 0 unspecified atom stereocenters. The largest absolute Gasteiger partial charge is 0.379 e. The summed E-state index contributed by atoms with van der Waals surface area (Å²) in [6.45, 7) is 13.2. The molecule has 1 saturated heterocycles. The number of rotatable bonds is 8. The molecule has 0 aliphatic carbocycles. The molecule has 0 spiro atoms. The van der Waals surface area contributed by atoms with Crippen molar-refractivity contribution in [1.82, 2.24) is 20.9 Å². The third-order valence-electron chi connectivity index (χ3n) is 3.38. The van der Waals surface area contributed by atoms with E-state index in [4.69, 9.17) is 4.74 Å². The number of carbonyl (C=O) groups excluding carboxylic acids is 1. The topological polar surface area (TPSA) is 78.0 Å². The van der Waals surface area contributed by atoms with E-state index in [-0.39, 0.29) is 11.8 Å². The molecule has 22 heavy (non-hydrogen) atoms. The molecule has 3 N–H and O–H groups in total. The Hall–Kier alpha value is -1.34. The van der Waals surface area contributed by atoms with Gasteiger partial charge in [-0.1, -0.05) is 13.8 Å². The van der Waals surface area contributed by atoms with Gasteiger partial charge in [-0.2, -0.15) is 0 Å². The van der Waals surface area contributed by atoms with Crippen molar-refractivity contribution < 1.29 is 9.53 Å². The first-order valence-corrected chi connectivity index (χ1v) is 8.23. The Morgan fingerprint density at radius 3 is 2.50 bits per heavy atom. The van der Waals surface area contributed by atoms with Crippen molar-refractivity contribution in [1.29, 1.82) is 0 Å². The predicted octanol–water partition coefficient (Wildman–Crippen LogP) is -0.354. The summed E-state index contributed by atoms with van der Waals surface area (Å²) < 4.78 is 5.33. The maximum absolute atomic E-state index is 11.5. The van der Waals surface area contributed by atoms with E-state index in [1.165, 1.54) is 0 Å². The van der Waals surface area contributed by atoms with Crippen LogP contribution in [0.5, 0.6) is 0 Å². The highest BCUT2D eigenvalue weighted by Gasteiger charge is 2.09. The monoisotopic (exact) mass is 313 g/mol. The van der Waals surface area contributed by atoms with Gasteiger partial charge < -0.3 is 20.7 Å². The van der Waals surface area contributed by atoms with Gasteiger partial charge in [-0.15, -0.1) is 0 Å². The molecule has 1 rings (SSSR count). The molecule has 1 amide bonds. The molecule has 7 heteroatoms. The molecule has 0 aromatic carbocycles. The van der Waals surface area contributed by atoms with Crippen molar-refractivity contribution >= 4 is 11.9 Å². The van der Waals surface area contributed by atoms with Crippen molar-refractivity contribution in [3.63, 3.8) is 0 Å². The smallest absolute Gasteiger partial charge is 0.222 e. The van der Waals surface area contributed by atoms with Crippen molar-refractivity contribution in [2.24, 2.45) is 10.9 Å². The van der Waals surface area contributed by atoms with E-state index in [1.807, 2.05) is 20.8 Å². The first kappa shape index (κ1) is 18.7. The van der Waals surface area contributed by atoms with Crippen LogP contribution in [0.25, 0.3) is 0 Å². The molecule has 0 aromatic heterocycles. The van der Waals surface area contributed by atoms with E-state index in [0.29, 0.717) is 13.1 Å². The molecular weight excluding hydrogens is 282 g/mol. The normalized spacial score (nSPS) is 16.6. The Kier molecular flexibility index (Phi) is 9.57. The van der Waals surface area contributed by atoms with Crippen LogP contribution < -0.4 is 16.0 Å². The second kappa shape index (κ2) is 11.3. The maximum Gasteiger partial charge on any atom is 0.222 e. The predicted molar refractivity (Wildman–Crippen MR) is 89.1 cm³/mol. The Bertz CT molecular complexity index is 341. The van der Waals surface area contributed by atoms with Crippen LogP contribution in [0, 0.1) is 5.92 Å². The minimum Gasteiger partial charge on any atom is -0.379 e. The number of nitrogens with zero attached hydrogens (tertiary/aromatic N) is 2.